The van der Waals surface area contributed by atoms with Gasteiger partial charge >= 0.3 is 0 Å². The highest BCUT2D eigenvalue weighted by molar-refractivity contribution is 5.54. The van der Waals surface area contributed by atoms with Crippen LogP contribution in [0.3, 0.4) is 0 Å². The summed E-state index contributed by atoms with van der Waals surface area (Å²) in [4.78, 5) is 0. The molecule has 0 amide bonds. The van der Waals surface area contributed by atoms with E-state index in [2.05, 4.69) is 42.6 Å². The van der Waals surface area contributed by atoms with Crippen molar-refractivity contribution in [3.05, 3.63) is 59.2 Å². The molecule has 0 radical (unpaired) electrons. The minimum atomic E-state index is 0.384. The van der Waals surface area contributed by atoms with Crippen molar-refractivity contribution in [2.75, 3.05) is 11.9 Å². The average molecular weight is 267 g/mol. The maximum Gasteiger partial charge on any atom is 0.115 e. The first-order valence-corrected chi connectivity index (χ1v) is 7.41. The van der Waals surface area contributed by atoms with Crippen molar-refractivity contribution in [2.45, 2.75) is 32.1 Å². The molecular formula is C18H21NO. The molecule has 2 aromatic carbocycles. The van der Waals surface area contributed by atoms with Gasteiger partial charge in [0.1, 0.15) is 5.75 Å². The van der Waals surface area contributed by atoms with E-state index in [0.717, 1.165) is 25.8 Å². The van der Waals surface area contributed by atoms with Crippen LogP contribution in [-0.2, 0) is 12.8 Å². The Morgan fingerprint density at radius 1 is 1.15 bits per heavy atom. The van der Waals surface area contributed by atoms with Crippen molar-refractivity contribution in [3.63, 3.8) is 0 Å². The van der Waals surface area contributed by atoms with Gasteiger partial charge in [-0.25, -0.2) is 0 Å². The van der Waals surface area contributed by atoms with Crippen LogP contribution in [0, 0.1) is 0 Å². The molecule has 0 aromatic heterocycles. The van der Waals surface area contributed by atoms with Crippen LogP contribution in [0.4, 0.5) is 5.69 Å². The molecule has 20 heavy (non-hydrogen) atoms. The first-order valence-electron chi connectivity index (χ1n) is 7.41. The lowest BCUT2D eigenvalue weighted by atomic mass is 9.79. The Balaban J connectivity index is 1.88. The third-order valence-corrected chi connectivity index (χ3v) is 4.19. The van der Waals surface area contributed by atoms with E-state index in [9.17, 15) is 5.11 Å². The van der Waals surface area contributed by atoms with Crippen molar-refractivity contribution < 1.29 is 5.11 Å². The number of rotatable bonds is 3. The smallest absolute Gasteiger partial charge is 0.115 e. The molecule has 2 aromatic rings. The van der Waals surface area contributed by atoms with Crippen molar-refractivity contribution in [2.24, 2.45) is 0 Å². The summed E-state index contributed by atoms with van der Waals surface area (Å²) in [5, 5.41) is 13.0. The highest BCUT2D eigenvalue weighted by atomic mass is 16.3. The molecule has 1 atom stereocenters. The summed E-state index contributed by atoms with van der Waals surface area (Å²) in [7, 11) is 0. The molecular weight excluding hydrogens is 246 g/mol. The maximum atomic E-state index is 9.58. The number of aromatic hydroxyl groups is 1. The van der Waals surface area contributed by atoms with Gasteiger partial charge < -0.3 is 10.4 Å². The molecule has 104 valence electrons. The lowest BCUT2D eigenvalue weighted by molar-refractivity contribution is 0.472. The summed E-state index contributed by atoms with van der Waals surface area (Å²) in [6.45, 7) is 3.09. The maximum absolute atomic E-state index is 9.58. The van der Waals surface area contributed by atoms with E-state index >= 15 is 0 Å². The monoisotopic (exact) mass is 267 g/mol. The third kappa shape index (κ3) is 2.51. The molecule has 2 nitrogen and oxygen atoms in total. The number of hydrogen-bond acceptors (Lipinski definition) is 2. The molecule has 0 spiro atoms. The molecule has 0 heterocycles. The van der Waals surface area contributed by atoms with Gasteiger partial charge in [-0.2, -0.15) is 0 Å². The van der Waals surface area contributed by atoms with E-state index in [1.807, 2.05) is 6.07 Å². The van der Waals surface area contributed by atoms with E-state index in [1.165, 1.54) is 22.4 Å². The minimum Gasteiger partial charge on any atom is -0.508 e. The van der Waals surface area contributed by atoms with Gasteiger partial charge in [-0.15, -0.1) is 0 Å². The SMILES string of the molecule is CCNc1ccccc1C1CCc2cc(O)ccc2C1. The summed E-state index contributed by atoms with van der Waals surface area (Å²) in [6, 6.07) is 14.4. The van der Waals surface area contributed by atoms with Crippen LogP contribution < -0.4 is 5.32 Å². The highest BCUT2D eigenvalue weighted by Crippen LogP contribution is 2.36. The number of aryl methyl sites for hydroxylation is 1. The van der Waals surface area contributed by atoms with Gasteiger partial charge in [0.25, 0.3) is 0 Å². The zero-order valence-electron chi connectivity index (χ0n) is 11.9. The van der Waals surface area contributed by atoms with Gasteiger partial charge in [-0.05, 0) is 67.0 Å². The fraction of sp³-hybridized carbons (Fsp3) is 0.333. The van der Waals surface area contributed by atoms with Crippen LogP contribution in [0.15, 0.2) is 42.5 Å². The average Bonchev–Trinajstić information content (AvgIpc) is 2.48. The van der Waals surface area contributed by atoms with E-state index in [0.29, 0.717) is 11.7 Å². The van der Waals surface area contributed by atoms with Gasteiger partial charge in [0.05, 0.1) is 0 Å². The second-order valence-electron chi connectivity index (χ2n) is 5.51. The Bertz CT molecular complexity index is 606. The fourth-order valence-electron chi connectivity index (χ4n) is 3.21. The molecule has 3 rings (SSSR count). The molecule has 0 aliphatic heterocycles. The second-order valence-corrected chi connectivity index (χ2v) is 5.51. The van der Waals surface area contributed by atoms with E-state index in [1.54, 1.807) is 6.07 Å². The zero-order valence-corrected chi connectivity index (χ0v) is 11.9. The predicted molar refractivity (Wildman–Crippen MR) is 83.5 cm³/mol. The van der Waals surface area contributed by atoms with Crippen molar-refractivity contribution >= 4 is 5.69 Å². The Labute approximate surface area is 120 Å². The summed E-state index contributed by atoms with van der Waals surface area (Å²) in [5.74, 6) is 0.956. The molecule has 2 heteroatoms. The Hall–Kier alpha value is -1.96. The quantitative estimate of drug-likeness (QED) is 0.877. The summed E-state index contributed by atoms with van der Waals surface area (Å²) in [5.41, 5.74) is 5.38. The van der Waals surface area contributed by atoms with Gasteiger partial charge in [0, 0.05) is 12.2 Å². The molecule has 2 N–H and O–H groups in total. The number of phenolic OH excluding ortho intramolecular Hbond substituents is 1. The number of benzene rings is 2. The number of anilines is 1. The highest BCUT2D eigenvalue weighted by Gasteiger charge is 2.22. The lowest BCUT2D eigenvalue weighted by Crippen LogP contribution is -2.14. The number of fused-ring (bicyclic) bond motifs is 1. The summed E-state index contributed by atoms with van der Waals surface area (Å²) < 4.78 is 0. The zero-order chi connectivity index (χ0) is 13.9. The van der Waals surface area contributed by atoms with Gasteiger partial charge in [-0.3, -0.25) is 0 Å². The largest absolute Gasteiger partial charge is 0.508 e. The first-order chi connectivity index (χ1) is 9.78. The van der Waals surface area contributed by atoms with Crippen LogP contribution in [0.2, 0.25) is 0 Å². The minimum absolute atomic E-state index is 0.384. The first kappa shape index (κ1) is 13.0. The summed E-state index contributed by atoms with van der Waals surface area (Å²) in [6.07, 6.45) is 3.27. The third-order valence-electron chi connectivity index (χ3n) is 4.19. The Morgan fingerprint density at radius 2 is 2.00 bits per heavy atom. The fourth-order valence-corrected chi connectivity index (χ4v) is 3.21. The number of nitrogens with one attached hydrogen (secondary N) is 1. The number of hydrogen-bond donors (Lipinski definition) is 2. The van der Waals surface area contributed by atoms with Crippen LogP contribution in [0.1, 0.15) is 36.0 Å². The van der Waals surface area contributed by atoms with Gasteiger partial charge in [0.2, 0.25) is 0 Å². The molecule has 0 saturated heterocycles. The van der Waals surface area contributed by atoms with E-state index in [4.69, 9.17) is 0 Å². The Morgan fingerprint density at radius 3 is 2.85 bits per heavy atom. The topological polar surface area (TPSA) is 32.3 Å². The van der Waals surface area contributed by atoms with Crippen molar-refractivity contribution in [1.82, 2.24) is 0 Å². The second kappa shape index (κ2) is 5.58. The standard InChI is InChI=1S/C18H21NO/c1-2-19-18-6-4-3-5-17(18)15-8-7-14-12-16(20)10-9-13(14)11-15/h3-6,9-10,12,15,19-20H,2,7-8,11H2,1H3. The number of phenols is 1. The van der Waals surface area contributed by atoms with Crippen LogP contribution in [0.25, 0.3) is 0 Å². The van der Waals surface area contributed by atoms with Crippen LogP contribution in [-0.4, -0.2) is 11.7 Å². The Kier molecular flexibility index (Phi) is 3.64. The summed E-state index contributed by atoms with van der Waals surface area (Å²) >= 11 is 0. The molecule has 1 unspecified atom stereocenters. The number of para-hydroxylation sites is 1. The van der Waals surface area contributed by atoms with Crippen LogP contribution >= 0.6 is 0 Å². The molecule has 0 fully saturated rings. The predicted octanol–water partition coefficient (Wildman–Crippen LogP) is 4.10. The lowest BCUT2D eigenvalue weighted by Gasteiger charge is -2.27. The van der Waals surface area contributed by atoms with Crippen molar-refractivity contribution in [3.8, 4) is 5.75 Å². The normalized spacial score (nSPS) is 17.6. The molecule has 0 saturated carbocycles. The van der Waals surface area contributed by atoms with Crippen LogP contribution in [0.5, 0.6) is 5.75 Å². The van der Waals surface area contributed by atoms with E-state index < -0.39 is 0 Å². The molecule has 0 bridgehead atoms. The molecule has 1 aliphatic rings. The van der Waals surface area contributed by atoms with Gasteiger partial charge in [0.15, 0.2) is 0 Å². The van der Waals surface area contributed by atoms with Gasteiger partial charge in [-0.1, -0.05) is 24.3 Å². The van der Waals surface area contributed by atoms with Crippen molar-refractivity contribution in [1.29, 1.82) is 0 Å². The molecule has 1 aliphatic carbocycles. The van der Waals surface area contributed by atoms with E-state index in [-0.39, 0.29) is 0 Å².